The number of hydrogen-bond donors (Lipinski definition) is 1. The quantitative estimate of drug-likeness (QED) is 0.777. The van der Waals surface area contributed by atoms with Gasteiger partial charge >= 0.3 is 7.12 Å². The van der Waals surface area contributed by atoms with Gasteiger partial charge in [0.2, 0.25) is 0 Å². The van der Waals surface area contributed by atoms with Crippen LogP contribution in [0.1, 0.15) is 72.1 Å². The Morgan fingerprint density at radius 2 is 2.04 bits per heavy atom. The topological polar surface area (TPSA) is 30.5 Å². The summed E-state index contributed by atoms with van der Waals surface area (Å²) < 4.78 is 13.1. The summed E-state index contributed by atoms with van der Waals surface area (Å²) >= 11 is 0. The molecule has 1 N–H and O–H groups in total. The Hall–Kier alpha value is -0.0551. The molecule has 0 aromatic heterocycles. The van der Waals surface area contributed by atoms with Crippen molar-refractivity contribution in [3.8, 4) is 0 Å². The SMILES string of the molecule is CCCC1CC1CC1(C)C2CC3OB(C4CCCN4)OC3(C)C1C2. The van der Waals surface area contributed by atoms with Crippen LogP contribution in [0.2, 0.25) is 0 Å². The molecule has 3 nitrogen and oxygen atoms in total. The second kappa shape index (κ2) is 5.47. The highest BCUT2D eigenvalue weighted by Crippen LogP contribution is 2.69. The van der Waals surface area contributed by atoms with Crippen LogP contribution in [-0.2, 0) is 9.31 Å². The normalized spacial score (nSPS) is 55.4. The lowest BCUT2D eigenvalue weighted by molar-refractivity contribution is -0.212. The number of fused-ring (bicyclic) bond motifs is 4. The van der Waals surface area contributed by atoms with Crippen LogP contribution in [0.25, 0.3) is 0 Å². The molecule has 0 aromatic rings. The van der Waals surface area contributed by atoms with Gasteiger partial charge in [-0.1, -0.05) is 26.7 Å². The summed E-state index contributed by atoms with van der Waals surface area (Å²) in [6.07, 6.45) is 11.2. The van der Waals surface area contributed by atoms with Crippen molar-refractivity contribution in [2.24, 2.45) is 29.1 Å². The Morgan fingerprint density at radius 1 is 1.17 bits per heavy atom. The van der Waals surface area contributed by atoms with Gasteiger partial charge in [0, 0.05) is 5.94 Å². The fraction of sp³-hybridized carbons (Fsp3) is 1.00. The van der Waals surface area contributed by atoms with Crippen LogP contribution in [0.3, 0.4) is 0 Å². The van der Waals surface area contributed by atoms with Gasteiger partial charge in [-0.05, 0) is 81.1 Å². The van der Waals surface area contributed by atoms with Crippen molar-refractivity contribution >= 4 is 7.12 Å². The first-order chi connectivity index (χ1) is 11.5. The average molecular weight is 331 g/mol. The smallest absolute Gasteiger partial charge is 0.404 e. The van der Waals surface area contributed by atoms with Gasteiger partial charge in [0.25, 0.3) is 0 Å². The number of hydrogen-bond acceptors (Lipinski definition) is 3. The zero-order valence-electron chi connectivity index (χ0n) is 15.7. The van der Waals surface area contributed by atoms with Crippen molar-refractivity contribution in [3.63, 3.8) is 0 Å². The van der Waals surface area contributed by atoms with E-state index in [1.807, 2.05) is 0 Å². The summed E-state index contributed by atoms with van der Waals surface area (Å²) in [5, 5.41) is 3.59. The van der Waals surface area contributed by atoms with E-state index in [1.165, 1.54) is 51.4 Å². The van der Waals surface area contributed by atoms with E-state index in [0.29, 0.717) is 23.4 Å². The third-order valence-electron chi connectivity index (χ3n) is 8.60. The highest BCUT2D eigenvalue weighted by atomic mass is 16.7. The lowest BCUT2D eigenvalue weighted by Gasteiger charge is -2.66. The van der Waals surface area contributed by atoms with Crippen molar-refractivity contribution in [1.29, 1.82) is 0 Å². The highest BCUT2D eigenvalue weighted by molar-refractivity contribution is 6.47. The van der Waals surface area contributed by atoms with Crippen LogP contribution < -0.4 is 5.32 Å². The van der Waals surface area contributed by atoms with Gasteiger partial charge in [-0.2, -0.15) is 0 Å². The van der Waals surface area contributed by atoms with Crippen molar-refractivity contribution in [2.45, 2.75) is 89.8 Å². The molecular weight excluding hydrogens is 297 g/mol. The maximum absolute atomic E-state index is 6.67. The van der Waals surface area contributed by atoms with Crippen LogP contribution in [0.15, 0.2) is 0 Å². The molecule has 3 aliphatic carbocycles. The van der Waals surface area contributed by atoms with Gasteiger partial charge in [0.15, 0.2) is 0 Å². The second-order valence-corrected chi connectivity index (χ2v) is 9.97. The highest BCUT2D eigenvalue weighted by Gasteiger charge is 2.70. The van der Waals surface area contributed by atoms with Gasteiger partial charge in [0.05, 0.1) is 11.7 Å². The van der Waals surface area contributed by atoms with Gasteiger partial charge in [-0.25, -0.2) is 0 Å². The van der Waals surface area contributed by atoms with Crippen LogP contribution in [0.5, 0.6) is 0 Å². The Balaban J connectivity index is 1.29. The minimum atomic E-state index is -0.0341. The molecule has 5 rings (SSSR count). The van der Waals surface area contributed by atoms with E-state index in [1.54, 1.807) is 0 Å². The van der Waals surface area contributed by atoms with Crippen LogP contribution in [-0.4, -0.2) is 31.3 Å². The predicted molar refractivity (Wildman–Crippen MR) is 96.6 cm³/mol. The summed E-state index contributed by atoms with van der Waals surface area (Å²) in [6.45, 7) is 8.42. The van der Waals surface area contributed by atoms with Gasteiger partial charge in [0.1, 0.15) is 0 Å². The molecule has 8 atom stereocenters. The van der Waals surface area contributed by atoms with E-state index >= 15 is 0 Å². The Bertz CT molecular complexity index is 510. The van der Waals surface area contributed by atoms with Crippen LogP contribution in [0, 0.1) is 29.1 Å². The fourth-order valence-corrected chi connectivity index (χ4v) is 6.99. The third-order valence-corrected chi connectivity index (χ3v) is 8.60. The van der Waals surface area contributed by atoms with E-state index in [9.17, 15) is 0 Å². The molecule has 0 amide bonds. The zero-order chi connectivity index (χ0) is 16.5. The first-order valence-corrected chi connectivity index (χ1v) is 10.6. The Labute approximate surface area is 147 Å². The first-order valence-electron chi connectivity index (χ1n) is 10.6. The van der Waals surface area contributed by atoms with Gasteiger partial charge in [-0.3, -0.25) is 0 Å². The van der Waals surface area contributed by atoms with E-state index < -0.39 is 0 Å². The molecule has 2 saturated heterocycles. The Kier molecular flexibility index (Phi) is 3.68. The van der Waals surface area contributed by atoms with Crippen molar-refractivity contribution in [2.75, 3.05) is 6.54 Å². The largest absolute Gasteiger partial charge is 0.475 e. The van der Waals surface area contributed by atoms with Gasteiger partial charge < -0.3 is 14.6 Å². The maximum atomic E-state index is 6.67. The molecule has 2 heterocycles. The molecule has 0 radical (unpaired) electrons. The Morgan fingerprint density at radius 3 is 2.79 bits per heavy atom. The van der Waals surface area contributed by atoms with E-state index in [0.717, 1.165) is 24.3 Å². The molecule has 2 aliphatic heterocycles. The molecule has 0 spiro atoms. The minimum absolute atomic E-state index is 0.000125. The number of rotatable bonds is 5. The third kappa shape index (κ3) is 2.21. The second-order valence-electron chi connectivity index (χ2n) is 9.97. The van der Waals surface area contributed by atoms with Crippen molar-refractivity contribution < 1.29 is 9.31 Å². The summed E-state index contributed by atoms with van der Waals surface area (Å²) in [5.41, 5.74) is 0.480. The molecule has 4 heteroatoms. The number of nitrogens with one attached hydrogen (secondary N) is 1. The fourth-order valence-electron chi connectivity index (χ4n) is 6.99. The van der Waals surface area contributed by atoms with E-state index in [2.05, 4.69) is 26.1 Å². The standard InChI is InChI=1S/C20H34BNO2/c1-4-6-13-9-14(13)12-19(2)15-10-16(19)20(3)17(11-15)23-21(24-20)18-7-5-8-22-18/h13-18,22H,4-12H2,1-3H3. The lowest BCUT2D eigenvalue weighted by Crippen LogP contribution is -2.66. The zero-order valence-corrected chi connectivity index (χ0v) is 15.7. The average Bonchev–Trinajstić information content (AvgIpc) is 2.98. The molecule has 2 bridgehead atoms. The molecule has 5 fully saturated rings. The van der Waals surface area contributed by atoms with Crippen LogP contribution >= 0.6 is 0 Å². The maximum Gasteiger partial charge on any atom is 0.475 e. The van der Waals surface area contributed by atoms with Crippen molar-refractivity contribution in [3.05, 3.63) is 0 Å². The first kappa shape index (κ1) is 16.1. The van der Waals surface area contributed by atoms with Crippen molar-refractivity contribution in [1.82, 2.24) is 5.32 Å². The molecule has 0 aromatic carbocycles. The summed E-state index contributed by atoms with van der Waals surface area (Å²) in [5.74, 6) is 4.06. The minimum Gasteiger partial charge on any atom is -0.404 e. The molecule has 3 saturated carbocycles. The molecule has 134 valence electrons. The molecular formula is C20H34BNO2. The summed E-state index contributed by atoms with van der Waals surface area (Å²) in [4.78, 5) is 0. The molecule has 8 unspecified atom stereocenters. The van der Waals surface area contributed by atoms with E-state index in [4.69, 9.17) is 9.31 Å². The monoisotopic (exact) mass is 331 g/mol. The van der Waals surface area contributed by atoms with Gasteiger partial charge in [-0.15, -0.1) is 0 Å². The summed E-state index contributed by atoms with van der Waals surface area (Å²) in [7, 11) is -0.000125. The molecule has 5 aliphatic rings. The molecule has 24 heavy (non-hydrogen) atoms. The van der Waals surface area contributed by atoms with Crippen LogP contribution in [0.4, 0.5) is 0 Å². The van der Waals surface area contributed by atoms with E-state index in [-0.39, 0.29) is 12.7 Å². The predicted octanol–water partition coefficient (Wildman–Crippen LogP) is 3.81. The summed E-state index contributed by atoms with van der Waals surface area (Å²) in [6, 6.07) is 0. The lowest BCUT2D eigenvalue weighted by atomic mass is 9.41.